The molecule has 3 rings (SSSR count). The topological polar surface area (TPSA) is 72.4 Å². The first kappa shape index (κ1) is 13.1. The zero-order valence-corrected chi connectivity index (χ0v) is 11.6. The summed E-state index contributed by atoms with van der Waals surface area (Å²) in [5.41, 5.74) is 7.37. The Hall–Kier alpha value is -1.88. The van der Waals surface area contributed by atoms with Gasteiger partial charge in [-0.25, -0.2) is 4.98 Å². The molecular formula is C15H19N3O2. The molecule has 1 amide bonds. The Kier molecular flexibility index (Phi) is 3.44. The summed E-state index contributed by atoms with van der Waals surface area (Å²) in [5.74, 6) is 1.11. The number of likely N-dealkylation sites (tertiary alicyclic amines) is 1. The van der Waals surface area contributed by atoms with Crippen LogP contribution in [0.3, 0.4) is 0 Å². The van der Waals surface area contributed by atoms with E-state index in [0.717, 1.165) is 42.9 Å². The summed E-state index contributed by atoms with van der Waals surface area (Å²) < 4.78 is 5.81. The number of carbonyl (C=O) groups excluding carboxylic acids is 1. The van der Waals surface area contributed by atoms with Crippen molar-refractivity contribution < 1.29 is 9.21 Å². The number of carbonyl (C=O) groups is 1. The number of amides is 1. The second-order valence-corrected chi connectivity index (χ2v) is 5.41. The van der Waals surface area contributed by atoms with Gasteiger partial charge in [0.05, 0.1) is 6.04 Å². The summed E-state index contributed by atoms with van der Waals surface area (Å²) in [6, 6.07) is 7.37. The average Bonchev–Trinajstić information content (AvgIpc) is 2.90. The molecule has 1 aliphatic rings. The molecule has 1 aliphatic heterocycles. The lowest BCUT2D eigenvalue weighted by Gasteiger charge is -2.31. The van der Waals surface area contributed by atoms with Crippen LogP contribution in [0.5, 0.6) is 0 Å². The molecule has 2 heterocycles. The van der Waals surface area contributed by atoms with E-state index in [-0.39, 0.29) is 5.91 Å². The summed E-state index contributed by atoms with van der Waals surface area (Å²) in [4.78, 5) is 18.2. The van der Waals surface area contributed by atoms with Gasteiger partial charge in [0, 0.05) is 19.0 Å². The number of piperidine rings is 1. The number of hydrogen-bond acceptors (Lipinski definition) is 4. The van der Waals surface area contributed by atoms with Crippen LogP contribution in [-0.2, 0) is 4.79 Å². The lowest BCUT2D eigenvalue weighted by molar-refractivity contribution is -0.133. The molecule has 1 fully saturated rings. The van der Waals surface area contributed by atoms with Gasteiger partial charge < -0.3 is 15.1 Å². The van der Waals surface area contributed by atoms with E-state index in [4.69, 9.17) is 10.2 Å². The van der Waals surface area contributed by atoms with Crippen LogP contribution < -0.4 is 5.73 Å². The van der Waals surface area contributed by atoms with Crippen molar-refractivity contribution in [2.45, 2.75) is 31.7 Å². The van der Waals surface area contributed by atoms with Gasteiger partial charge in [0.1, 0.15) is 5.52 Å². The molecular weight excluding hydrogens is 254 g/mol. The Morgan fingerprint density at radius 3 is 2.75 bits per heavy atom. The largest absolute Gasteiger partial charge is 0.440 e. The lowest BCUT2D eigenvalue weighted by Crippen LogP contribution is -2.45. The lowest BCUT2D eigenvalue weighted by atomic mass is 9.96. The van der Waals surface area contributed by atoms with Crippen molar-refractivity contribution in [3.63, 3.8) is 0 Å². The SMILES string of the molecule is C[C@H](N)C(=O)N1CCC(c2nc3ccccc3o2)CC1. The van der Waals surface area contributed by atoms with Crippen molar-refractivity contribution in [3.05, 3.63) is 30.2 Å². The zero-order chi connectivity index (χ0) is 14.1. The number of fused-ring (bicyclic) bond motifs is 1. The second-order valence-electron chi connectivity index (χ2n) is 5.41. The fraction of sp³-hybridized carbons (Fsp3) is 0.467. The fourth-order valence-electron chi connectivity index (χ4n) is 2.70. The van der Waals surface area contributed by atoms with Gasteiger partial charge in [-0.2, -0.15) is 0 Å². The van der Waals surface area contributed by atoms with Gasteiger partial charge in [0.15, 0.2) is 11.5 Å². The van der Waals surface area contributed by atoms with Gasteiger partial charge in [0.25, 0.3) is 0 Å². The van der Waals surface area contributed by atoms with E-state index in [9.17, 15) is 4.79 Å². The van der Waals surface area contributed by atoms with Crippen molar-refractivity contribution in [3.8, 4) is 0 Å². The van der Waals surface area contributed by atoms with Crippen LogP contribution in [-0.4, -0.2) is 34.9 Å². The van der Waals surface area contributed by atoms with Gasteiger partial charge in [-0.3, -0.25) is 4.79 Å². The summed E-state index contributed by atoms with van der Waals surface area (Å²) in [5, 5.41) is 0. The molecule has 5 heteroatoms. The minimum absolute atomic E-state index is 0.0287. The number of nitrogens with zero attached hydrogens (tertiary/aromatic N) is 2. The van der Waals surface area contributed by atoms with E-state index in [1.165, 1.54) is 0 Å². The second kappa shape index (κ2) is 5.25. The van der Waals surface area contributed by atoms with E-state index < -0.39 is 6.04 Å². The Bertz CT molecular complexity index is 579. The molecule has 2 N–H and O–H groups in total. The van der Waals surface area contributed by atoms with Gasteiger partial charge in [0.2, 0.25) is 5.91 Å². The Morgan fingerprint density at radius 1 is 1.40 bits per heavy atom. The number of para-hydroxylation sites is 2. The molecule has 1 atom stereocenters. The molecule has 106 valence electrons. The number of oxazole rings is 1. The minimum atomic E-state index is -0.420. The third-order valence-electron chi connectivity index (χ3n) is 3.86. The van der Waals surface area contributed by atoms with Crippen LogP contribution in [0.1, 0.15) is 31.6 Å². The third kappa shape index (κ3) is 2.41. The summed E-state index contributed by atoms with van der Waals surface area (Å²) in [6.07, 6.45) is 1.76. The maximum Gasteiger partial charge on any atom is 0.239 e. The monoisotopic (exact) mass is 273 g/mol. The number of aromatic nitrogens is 1. The van der Waals surface area contributed by atoms with E-state index in [2.05, 4.69) is 4.98 Å². The zero-order valence-electron chi connectivity index (χ0n) is 11.6. The highest BCUT2D eigenvalue weighted by molar-refractivity contribution is 5.81. The molecule has 1 saturated heterocycles. The number of hydrogen-bond donors (Lipinski definition) is 1. The number of rotatable bonds is 2. The van der Waals surface area contributed by atoms with E-state index in [1.54, 1.807) is 6.92 Å². The van der Waals surface area contributed by atoms with Crippen LogP contribution in [0.25, 0.3) is 11.1 Å². The van der Waals surface area contributed by atoms with Gasteiger partial charge in [-0.15, -0.1) is 0 Å². The summed E-state index contributed by atoms with van der Waals surface area (Å²) >= 11 is 0. The molecule has 0 aliphatic carbocycles. The predicted molar refractivity (Wildman–Crippen MR) is 76.2 cm³/mol. The normalized spacial score (nSPS) is 18.4. The molecule has 20 heavy (non-hydrogen) atoms. The van der Waals surface area contributed by atoms with Gasteiger partial charge in [-0.05, 0) is 31.9 Å². The smallest absolute Gasteiger partial charge is 0.239 e. The molecule has 0 spiro atoms. The highest BCUT2D eigenvalue weighted by Crippen LogP contribution is 2.29. The average molecular weight is 273 g/mol. The maximum absolute atomic E-state index is 11.8. The highest BCUT2D eigenvalue weighted by atomic mass is 16.3. The Balaban J connectivity index is 1.70. The van der Waals surface area contributed by atoms with E-state index >= 15 is 0 Å². The highest BCUT2D eigenvalue weighted by Gasteiger charge is 2.27. The van der Waals surface area contributed by atoms with Crippen LogP contribution in [0.4, 0.5) is 0 Å². The molecule has 0 unspecified atom stereocenters. The fourth-order valence-corrected chi connectivity index (χ4v) is 2.70. The third-order valence-corrected chi connectivity index (χ3v) is 3.86. The van der Waals surface area contributed by atoms with Crippen molar-refractivity contribution in [2.75, 3.05) is 13.1 Å². The summed E-state index contributed by atoms with van der Waals surface area (Å²) in [7, 11) is 0. The van der Waals surface area contributed by atoms with E-state index in [0.29, 0.717) is 5.92 Å². The van der Waals surface area contributed by atoms with Crippen molar-refractivity contribution in [1.29, 1.82) is 0 Å². The van der Waals surface area contributed by atoms with Crippen LogP contribution in [0.2, 0.25) is 0 Å². The molecule has 1 aromatic carbocycles. The standard InChI is InChI=1S/C15H19N3O2/c1-10(16)15(19)18-8-6-11(7-9-18)14-17-12-4-2-3-5-13(12)20-14/h2-5,10-11H,6-9,16H2,1H3/t10-/m0/s1. The first-order chi connectivity index (χ1) is 9.65. The maximum atomic E-state index is 11.8. The van der Waals surface area contributed by atoms with Crippen molar-refractivity contribution in [1.82, 2.24) is 9.88 Å². The van der Waals surface area contributed by atoms with E-state index in [1.807, 2.05) is 29.2 Å². The van der Waals surface area contributed by atoms with Crippen molar-refractivity contribution in [2.24, 2.45) is 5.73 Å². The van der Waals surface area contributed by atoms with Gasteiger partial charge in [-0.1, -0.05) is 12.1 Å². The Labute approximate surface area is 117 Å². The first-order valence-electron chi connectivity index (χ1n) is 7.05. The summed E-state index contributed by atoms with van der Waals surface area (Å²) in [6.45, 7) is 3.18. The van der Waals surface area contributed by atoms with Gasteiger partial charge >= 0.3 is 0 Å². The number of benzene rings is 1. The minimum Gasteiger partial charge on any atom is -0.440 e. The molecule has 0 bridgehead atoms. The first-order valence-corrected chi connectivity index (χ1v) is 7.05. The molecule has 2 aromatic rings. The molecule has 0 radical (unpaired) electrons. The quantitative estimate of drug-likeness (QED) is 0.906. The predicted octanol–water partition coefficient (Wildman–Crippen LogP) is 1.88. The molecule has 1 aromatic heterocycles. The van der Waals surface area contributed by atoms with Crippen LogP contribution in [0.15, 0.2) is 28.7 Å². The van der Waals surface area contributed by atoms with Crippen LogP contribution in [0, 0.1) is 0 Å². The van der Waals surface area contributed by atoms with Crippen LogP contribution >= 0.6 is 0 Å². The Morgan fingerprint density at radius 2 is 2.10 bits per heavy atom. The van der Waals surface area contributed by atoms with Crippen molar-refractivity contribution >= 4 is 17.0 Å². The number of nitrogens with two attached hydrogens (primary N) is 1. The molecule has 5 nitrogen and oxygen atoms in total. The molecule has 0 saturated carbocycles.